The van der Waals surface area contributed by atoms with E-state index in [1.165, 1.54) is 37.2 Å². The predicted octanol–water partition coefficient (Wildman–Crippen LogP) is 0.701. The summed E-state index contributed by atoms with van der Waals surface area (Å²) >= 11 is 0. The van der Waals surface area contributed by atoms with Crippen molar-refractivity contribution in [2.24, 2.45) is 0 Å². The van der Waals surface area contributed by atoms with Gasteiger partial charge in [0.2, 0.25) is 0 Å². The van der Waals surface area contributed by atoms with Crippen molar-refractivity contribution in [3.63, 3.8) is 0 Å². The van der Waals surface area contributed by atoms with Crippen molar-refractivity contribution in [2.75, 3.05) is 32.6 Å². The Labute approximate surface area is 104 Å². The van der Waals surface area contributed by atoms with Gasteiger partial charge in [-0.1, -0.05) is 6.07 Å². The number of rotatable bonds is 5. The lowest BCUT2D eigenvalue weighted by atomic mass is 10.1. The fourth-order valence-corrected chi connectivity index (χ4v) is 1.59. The van der Waals surface area contributed by atoms with E-state index in [1.54, 1.807) is 0 Å². The van der Waals surface area contributed by atoms with E-state index in [2.05, 4.69) is 5.32 Å². The van der Waals surface area contributed by atoms with E-state index in [4.69, 9.17) is 5.11 Å². The third-order valence-corrected chi connectivity index (χ3v) is 2.50. The summed E-state index contributed by atoms with van der Waals surface area (Å²) in [6.45, 7) is 0.0106. The van der Waals surface area contributed by atoms with Crippen LogP contribution in [0.15, 0.2) is 18.2 Å². The van der Waals surface area contributed by atoms with Gasteiger partial charge in [-0.3, -0.25) is 14.9 Å². The van der Waals surface area contributed by atoms with E-state index in [0.29, 0.717) is 0 Å². The minimum atomic E-state index is -0.547. The highest BCUT2D eigenvalue weighted by molar-refractivity contribution is 6.01. The molecule has 0 unspecified atom stereocenters. The summed E-state index contributed by atoms with van der Waals surface area (Å²) in [7, 11) is 3.04. The topological polar surface area (TPSA) is 95.7 Å². The number of anilines is 1. The molecule has 0 saturated heterocycles. The summed E-state index contributed by atoms with van der Waals surface area (Å²) in [6.07, 6.45) is 0. The van der Waals surface area contributed by atoms with Crippen LogP contribution in [-0.4, -0.2) is 48.1 Å². The normalized spacial score (nSPS) is 9.94. The molecular weight excluding hydrogens is 238 g/mol. The van der Waals surface area contributed by atoms with Crippen molar-refractivity contribution in [3.8, 4) is 0 Å². The van der Waals surface area contributed by atoms with E-state index in [0.717, 1.165) is 0 Å². The molecule has 0 aliphatic carbocycles. The molecule has 0 bridgehead atoms. The van der Waals surface area contributed by atoms with Crippen molar-refractivity contribution in [1.29, 1.82) is 0 Å². The molecule has 1 amide bonds. The number of hydrogen-bond donors (Lipinski definition) is 2. The molecule has 1 aromatic carbocycles. The second kappa shape index (κ2) is 5.97. The Morgan fingerprint density at radius 3 is 2.72 bits per heavy atom. The highest BCUT2D eigenvalue weighted by atomic mass is 16.6. The van der Waals surface area contributed by atoms with Gasteiger partial charge >= 0.3 is 0 Å². The number of aliphatic hydroxyl groups is 1. The Balaban J connectivity index is 3.20. The number of carbonyl (C=O) groups excluding carboxylic acids is 1. The van der Waals surface area contributed by atoms with Crippen molar-refractivity contribution >= 4 is 17.3 Å². The maximum absolute atomic E-state index is 12.0. The molecule has 0 aliphatic rings. The molecule has 2 N–H and O–H groups in total. The molecule has 7 heteroatoms. The molecule has 0 atom stereocenters. The largest absolute Gasteiger partial charge is 0.395 e. The lowest BCUT2D eigenvalue weighted by molar-refractivity contribution is -0.384. The molecular formula is C11H15N3O4. The number of nitrogens with zero attached hydrogens (tertiary/aromatic N) is 2. The maximum atomic E-state index is 12.0. The summed E-state index contributed by atoms with van der Waals surface area (Å²) in [5, 5.41) is 22.3. The monoisotopic (exact) mass is 253 g/mol. The van der Waals surface area contributed by atoms with Crippen LogP contribution in [0.2, 0.25) is 0 Å². The van der Waals surface area contributed by atoms with Gasteiger partial charge in [-0.15, -0.1) is 0 Å². The number of nitrogens with one attached hydrogen (secondary N) is 1. The second-order valence-corrected chi connectivity index (χ2v) is 3.66. The summed E-state index contributed by atoms with van der Waals surface area (Å²) < 4.78 is 0. The van der Waals surface area contributed by atoms with Gasteiger partial charge in [0.15, 0.2) is 0 Å². The Hall–Kier alpha value is -2.15. The average Bonchev–Trinajstić information content (AvgIpc) is 2.36. The smallest absolute Gasteiger partial charge is 0.293 e. The second-order valence-electron chi connectivity index (χ2n) is 3.66. The van der Waals surface area contributed by atoms with Crippen LogP contribution in [0.25, 0.3) is 0 Å². The van der Waals surface area contributed by atoms with Gasteiger partial charge in [0, 0.05) is 26.7 Å². The fourth-order valence-electron chi connectivity index (χ4n) is 1.59. The number of aliphatic hydroxyl groups excluding tert-OH is 1. The zero-order chi connectivity index (χ0) is 13.7. The third kappa shape index (κ3) is 2.75. The van der Waals surface area contributed by atoms with Crippen molar-refractivity contribution < 1.29 is 14.8 Å². The first-order valence-electron chi connectivity index (χ1n) is 5.34. The Morgan fingerprint density at radius 2 is 2.22 bits per heavy atom. The van der Waals surface area contributed by atoms with Crippen LogP contribution in [0.1, 0.15) is 10.4 Å². The number of carbonyl (C=O) groups is 1. The van der Waals surface area contributed by atoms with Gasteiger partial charge in [-0.2, -0.15) is 0 Å². The molecule has 0 radical (unpaired) electrons. The van der Waals surface area contributed by atoms with Crippen LogP contribution in [0.5, 0.6) is 0 Å². The first kappa shape index (κ1) is 13.9. The van der Waals surface area contributed by atoms with E-state index >= 15 is 0 Å². The molecule has 0 aliphatic heterocycles. The number of para-hydroxylation sites is 1. The molecule has 0 spiro atoms. The van der Waals surface area contributed by atoms with Crippen LogP contribution in [0.4, 0.5) is 11.4 Å². The van der Waals surface area contributed by atoms with E-state index in [1.807, 2.05) is 0 Å². The molecule has 0 fully saturated rings. The van der Waals surface area contributed by atoms with Crippen molar-refractivity contribution in [3.05, 3.63) is 33.9 Å². The minimum absolute atomic E-state index is 0.152. The number of hydrogen-bond acceptors (Lipinski definition) is 5. The van der Waals surface area contributed by atoms with Crippen LogP contribution in [0, 0.1) is 10.1 Å². The van der Waals surface area contributed by atoms with Crippen molar-refractivity contribution in [2.45, 2.75) is 0 Å². The van der Waals surface area contributed by atoms with Gasteiger partial charge in [0.25, 0.3) is 11.6 Å². The van der Waals surface area contributed by atoms with E-state index in [9.17, 15) is 14.9 Å². The SMILES string of the molecule is CNc1c(C(=O)N(C)CCO)cccc1[N+](=O)[O-]. The van der Waals surface area contributed by atoms with Crippen LogP contribution >= 0.6 is 0 Å². The van der Waals surface area contributed by atoms with Crippen LogP contribution in [0.3, 0.4) is 0 Å². The lowest BCUT2D eigenvalue weighted by Crippen LogP contribution is -2.30. The molecule has 98 valence electrons. The quantitative estimate of drug-likeness (QED) is 0.595. The van der Waals surface area contributed by atoms with Crippen LogP contribution in [-0.2, 0) is 0 Å². The van der Waals surface area contributed by atoms with Gasteiger partial charge in [0.05, 0.1) is 17.1 Å². The molecule has 0 saturated carbocycles. The van der Waals surface area contributed by atoms with E-state index in [-0.39, 0.29) is 36.0 Å². The number of nitro groups is 1. The Bertz CT molecular complexity index is 462. The van der Waals surface area contributed by atoms with Crippen molar-refractivity contribution in [1.82, 2.24) is 4.90 Å². The van der Waals surface area contributed by atoms with Gasteiger partial charge in [0.1, 0.15) is 5.69 Å². The van der Waals surface area contributed by atoms with E-state index < -0.39 is 4.92 Å². The van der Waals surface area contributed by atoms with Crippen LogP contribution < -0.4 is 5.32 Å². The summed E-state index contributed by atoms with van der Waals surface area (Å²) in [4.78, 5) is 23.7. The Morgan fingerprint density at radius 1 is 1.56 bits per heavy atom. The van der Waals surface area contributed by atoms with Gasteiger partial charge in [-0.05, 0) is 6.07 Å². The first-order chi connectivity index (χ1) is 8.52. The molecule has 0 aromatic heterocycles. The molecule has 0 heterocycles. The molecule has 18 heavy (non-hydrogen) atoms. The zero-order valence-corrected chi connectivity index (χ0v) is 10.2. The minimum Gasteiger partial charge on any atom is -0.395 e. The highest BCUT2D eigenvalue weighted by Gasteiger charge is 2.22. The summed E-state index contributed by atoms with van der Waals surface area (Å²) in [6, 6.07) is 4.29. The van der Waals surface area contributed by atoms with Gasteiger partial charge in [-0.25, -0.2) is 0 Å². The fraction of sp³-hybridized carbons (Fsp3) is 0.364. The summed E-state index contributed by atoms with van der Waals surface area (Å²) in [5.41, 5.74) is 0.237. The Kier molecular flexibility index (Phi) is 4.61. The molecule has 1 rings (SSSR count). The number of amides is 1. The lowest BCUT2D eigenvalue weighted by Gasteiger charge is -2.17. The average molecular weight is 253 g/mol. The number of benzene rings is 1. The maximum Gasteiger partial charge on any atom is 0.293 e. The number of likely N-dealkylation sites (N-methyl/N-ethyl adjacent to an activating group) is 1. The molecule has 7 nitrogen and oxygen atoms in total. The third-order valence-electron chi connectivity index (χ3n) is 2.50. The summed E-state index contributed by atoms with van der Waals surface area (Å²) in [5.74, 6) is -0.378. The van der Waals surface area contributed by atoms with Gasteiger partial charge < -0.3 is 15.3 Å². The highest BCUT2D eigenvalue weighted by Crippen LogP contribution is 2.28. The standard InChI is InChI=1S/C11H15N3O4/c1-12-10-8(11(16)13(2)6-7-15)4-3-5-9(10)14(17)18/h3-5,12,15H,6-7H2,1-2H3. The number of nitro benzene ring substituents is 1. The zero-order valence-electron chi connectivity index (χ0n) is 10.2. The first-order valence-corrected chi connectivity index (χ1v) is 5.34. The molecule has 1 aromatic rings. The predicted molar refractivity (Wildman–Crippen MR) is 66.7 cm³/mol.